The van der Waals surface area contributed by atoms with E-state index in [4.69, 9.17) is 21.6 Å². The predicted molar refractivity (Wildman–Crippen MR) is 160 cm³/mol. The van der Waals surface area contributed by atoms with E-state index in [2.05, 4.69) is 44.1 Å². The van der Waals surface area contributed by atoms with E-state index in [0.29, 0.717) is 23.5 Å². The smallest absolute Gasteiger partial charge is 0.152 e. The number of aromatic nitrogens is 1. The summed E-state index contributed by atoms with van der Waals surface area (Å²) in [4.78, 5) is 14.1. The van der Waals surface area contributed by atoms with E-state index < -0.39 is 0 Å². The van der Waals surface area contributed by atoms with Crippen molar-refractivity contribution in [2.24, 2.45) is 15.9 Å². The van der Waals surface area contributed by atoms with Gasteiger partial charge in [0.25, 0.3) is 0 Å². The SMILES string of the molecule is C/C=C(\C=C(F)/C=C/CCC)C(=C\CCC)/NC(=NCc1cccc(Cl)n1)C(N=CC(C)CC)=C(C)C. The standard InChI is InChI=1S/C31H44ClFN4/c1-8-12-14-16-26(33)20-25(11-4)28(18-13-9-2)37-31(30(23(5)6)34-21-24(7)10-3)35-22-27-17-15-19-29(32)36-27/h11,14-21,24H,8-10,12-13,22H2,1-7H3,(H,35,37)/b16-14+,25-11+,26-20+,28-18+,34-21?. The lowest BCUT2D eigenvalue weighted by Crippen LogP contribution is -2.26. The molecule has 0 aliphatic heterocycles. The molecular weight excluding hydrogens is 483 g/mol. The molecule has 0 aliphatic rings. The van der Waals surface area contributed by atoms with E-state index in [1.165, 1.54) is 6.08 Å². The summed E-state index contributed by atoms with van der Waals surface area (Å²) in [5, 5.41) is 3.92. The summed E-state index contributed by atoms with van der Waals surface area (Å²) in [6.07, 6.45) is 15.5. The van der Waals surface area contributed by atoms with Crippen LogP contribution >= 0.6 is 11.6 Å². The van der Waals surface area contributed by atoms with Gasteiger partial charge in [0.05, 0.1) is 12.2 Å². The number of nitrogens with zero attached hydrogens (tertiary/aromatic N) is 3. The fraction of sp³-hybridized carbons (Fsp3) is 0.452. The maximum absolute atomic E-state index is 14.7. The maximum Gasteiger partial charge on any atom is 0.152 e. The minimum Gasteiger partial charge on any atom is -0.338 e. The van der Waals surface area contributed by atoms with E-state index in [1.54, 1.807) is 12.1 Å². The molecule has 0 bridgehead atoms. The Kier molecular flexibility index (Phi) is 16.1. The summed E-state index contributed by atoms with van der Waals surface area (Å²) < 4.78 is 14.7. The van der Waals surface area contributed by atoms with Crippen LogP contribution in [-0.4, -0.2) is 17.0 Å². The number of aliphatic imine (C=N–C) groups is 2. The normalized spacial score (nSPS) is 14.5. The molecule has 1 atom stereocenters. The average molecular weight is 527 g/mol. The third-order valence-electron chi connectivity index (χ3n) is 5.51. The molecule has 0 aliphatic carbocycles. The zero-order chi connectivity index (χ0) is 27.6. The van der Waals surface area contributed by atoms with Crippen molar-refractivity contribution < 1.29 is 4.39 Å². The van der Waals surface area contributed by atoms with Gasteiger partial charge in [0.15, 0.2) is 5.84 Å². The number of amidine groups is 1. The van der Waals surface area contributed by atoms with Crippen LogP contribution in [0.1, 0.15) is 86.3 Å². The highest BCUT2D eigenvalue weighted by atomic mass is 35.5. The Balaban J connectivity index is 3.55. The second-order valence-electron chi connectivity index (χ2n) is 9.12. The van der Waals surface area contributed by atoms with Crippen LogP contribution in [0.5, 0.6) is 0 Å². The summed E-state index contributed by atoms with van der Waals surface area (Å²) in [6.45, 7) is 14.7. The number of rotatable bonds is 14. The number of allylic oxidation sites excluding steroid dienone is 7. The van der Waals surface area contributed by atoms with E-state index in [1.807, 2.05) is 51.3 Å². The summed E-state index contributed by atoms with van der Waals surface area (Å²) in [5.74, 6) is 0.654. The van der Waals surface area contributed by atoms with Gasteiger partial charge in [0, 0.05) is 11.9 Å². The highest BCUT2D eigenvalue weighted by molar-refractivity contribution is 6.29. The molecule has 0 aromatic carbocycles. The van der Waals surface area contributed by atoms with Crippen LogP contribution in [0.2, 0.25) is 5.15 Å². The van der Waals surface area contributed by atoms with Crippen molar-refractivity contribution in [1.29, 1.82) is 0 Å². The zero-order valence-corrected chi connectivity index (χ0v) is 24.4. The topological polar surface area (TPSA) is 49.6 Å². The second-order valence-corrected chi connectivity index (χ2v) is 9.51. The molecule has 1 rings (SSSR count). The van der Waals surface area contributed by atoms with Gasteiger partial charge in [0.1, 0.15) is 16.7 Å². The molecule has 6 heteroatoms. The molecule has 0 fully saturated rings. The molecule has 0 saturated carbocycles. The molecule has 1 aromatic heterocycles. The summed E-state index contributed by atoms with van der Waals surface area (Å²) in [6, 6.07) is 5.50. The van der Waals surface area contributed by atoms with Gasteiger partial charge in [-0.05, 0) is 81.4 Å². The Labute approximate surface area is 229 Å². The monoisotopic (exact) mass is 526 g/mol. The molecule has 37 heavy (non-hydrogen) atoms. The minimum atomic E-state index is -0.287. The Bertz CT molecular complexity index is 1060. The number of nitrogens with one attached hydrogen (secondary N) is 1. The van der Waals surface area contributed by atoms with E-state index in [0.717, 1.165) is 60.3 Å². The number of halogens is 2. The lowest BCUT2D eigenvalue weighted by atomic mass is 10.1. The van der Waals surface area contributed by atoms with Gasteiger partial charge < -0.3 is 5.32 Å². The molecule has 4 nitrogen and oxygen atoms in total. The molecule has 202 valence electrons. The van der Waals surface area contributed by atoms with Crippen molar-refractivity contribution in [2.75, 3.05) is 0 Å². The van der Waals surface area contributed by atoms with Crippen LogP contribution in [0.25, 0.3) is 0 Å². The van der Waals surface area contributed by atoms with Crippen LogP contribution in [-0.2, 0) is 6.54 Å². The largest absolute Gasteiger partial charge is 0.338 e. The van der Waals surface area contributed by atoms with Crippen LogP contribution in [0, 0.1) is 5.92 Å². The van der Waals surface area contributed by atoms with Gasteiger partial charge in [-0.25, -0.2) is 9.37 Å². The molecule has 0 saturated heterocycles. The fourth-order valence-corrected chi connectivity index (χ4v) is 3.32. The van der Waals surface area contributed by atoms with Gasteiger partial charge in [0.2, 0.25) is 0 Å². The molecule has 1 N–H and O–H groups in total. The summed E-state index contributed by atoms with van der Waals surface area (Å²) in [5.41, 5.74) is 4.07. The second kappa shape index (κ2) is 18.5. The van der Waals surface area contributed by atoms with E-state index in [-0.39, 0.29) is 5.83 Å². The molecule has 0 amide bonds. The molecular formula is C31H44ClFN4. The van der Waals surface area contributed by atoms with Crippen LogP contribution in [0.4, 0.5) is 4.39 Å². The van der Waals surface area contributed by atoms with Gasteiger partial charge in [-0.1, -0.05) is 76.4 Å². The van der Waals surface area contributed by atoms with Crippen molar-refractivity contribution in [2.45, 2.75) is 87.1 Å². The molecule has 1 aromatic rings. The van der Waals surface area contributed by atoms with Crippen LogP contribution in [0.3, 0.4) is 0 Å². The van der Waals surface area contributed by atoms with Crippen LogP contribution < -0.4 is 5.32 Å². The van der Waals surface area contributed by atoms with Crippen molar-refractivity contribution in [1.82, 2.24) is 10.3 Å². The summed E-state index contributed by atoms with van der Waals surface area (Å²) in [7, 11) is 0. The zero-order valence-electron chi connectivity index (χ0n) is 23.6. The van der Waals surface area contributed by atoms with Crippen molar-refractivity contribution >= 4 is 23.7 Å². The lowest BCUT2D eigenvalue weighted by molar-refractivity contribution is 0.664. The first kappa shape index (κ1) is 32.2. The van der Waals surface area contributed by atoms with Crippen LogP contribution in [0.15, 0.2) is 86.9 Å². The van der Waals surface area contributed by atoms with Gasteiger partial charge in [-0.15, -0.1) is 0 Å². The Morgan fingerprint density at radius 3 is 2.49 bits per heavy atom. The Morgan fingerprint density at radius 2 is 1.89 bits per heavy atom. The Hall–Kier alpha value is -2.79. The number of hydrogen-bond donors (Lipinski definition) is 1. The number of pyridine rings is 1. The van der Waals surface area contributed by atoms with Crippen molar-refractivity contribution in [3.05, 3.63) is 87.8 Å². The van der Waals surface area contributed by atoms with Gasteiger partial charge in [-0.3, -0.25) is 9.98 Å². The highest BCUT2D eigenvalue weighted by Gasteiger charge is 2.13. The van der Waals surface area contributed by atoms with Crippen molar-refractivity contribution in [3.8, 4) is 0 Å². The maximum atomic E-state index is 14.7. The lowest BCUT2D eigenvalue weighted by Gasteiger charge is -2.17. The number of hydrogen-bond acceptors (Lipinski definition) is 3. The third-order valence-corrected chi connectivity index (χ3v) is 5.72. The Morgan fingerprint density at radius 1 is 1.16 bits per heavy atom. The first-order valence-electron chi connectivity index (χ1n) is 13.3. The molecule has 0 spiro atoms. The summed E-state index contributed by atoms with van der Waals surface area (Å²) >= 11 is 6.10. The van der Waals surface area contributed by atoms with E-state index in [9.17, 15) is 4.39 Å². The quantitative estimate of drug-likeness (QED) is 0.113. The minimum absolute atomic E-state index is 0.287. The van der Waals surface area contributed by atoms with E-state index >= 15 is 0 Å². The van der Waals surface area contributed by atoms with Gasteiger partial charge in [-0.2, -0.15) is 0 Å². The fourth-order valence-electron chi connectivity index (χ4n) is 3.14. The first-order chi connectivity index (χ1) is 17.7. The number of unbranched alkanes of at least 4 members (excludes halogenated alkanes) is 2. The average Bonchev–Trinajstić information content (AvgIpc) is 2.87. The van der Waals surface area contributed by atoms with Gasteiger partial charge >= 0.3 is 0 Å². The molecule has 0 radical (unpaired) electrons. The van der Waals surface area contributed by atoms with Crippen molar-refractivity contribution in [3.63, 3.8) is 0 Å². The highest BCUT2D eigenvalue weighted by Crippen LogP contribution is 2.18. The first-order valence-corrected chi connectivity index (χ1v) is 13.7. The predicted octanol–water partition coefficient (Wildman–Crippen LogP) is 9.47. The molecule has 1 heterocycles. The third kappa shape index (κ3) is 12.8. The molecule has 1 unspecified atom stereocenters.